The minimum atomic E-state index is 0.684. The van der Waals surface area contributed by atoms with Gasteiger partial charge in [-0.2, -0.15) is 4.98 Å². The summed E-state index contributed by atoms with van der Waals surface area (Å²) in [5.74, 6) is 2.25. The number of rotatable bonds is 4. The largest absolute Gasteiger partial charge is 0.477 e. The fourth-order valence-electron chi connectivity index (χ4n) is 1.19. The van der Waals surface area contributed by atoms with E-state index in [4.69, 9.17) is 4.74 Å². The Labute approximate surface area is 84.7 Å². The fourth-order valence-corrected chi connectivity index (χ4v) is 1.19. The van der Waals surface area contributed by atoms with Gasteiger partial charge in [0, 0.05) is 7.05 Å². The van der Waals surface area contributed by atoms with Crippen LogP contribution in [-0.2, 0) is 0 Å². The molecule has 0 aliphatic heterocycles. The lowest BCUT2D eigenvalue weighted by Gasteiger charge is -2.10. The highest BCUT2D eigenvalue weighted by molar-refractivity contribution is 5.47. The molecule has 14 heavy (non-hydrogen) atoms. The Morgan fingerprint density at radius 2 is 2.00 bits per heavy atom. The van der Waals surface area contributed by atoms with Crippen molar-refractivity contribution in [3.8, 4) is 5.88 Å². The molecule has 0 aliphatic rings. The molecule has 0 atom stereocenters. The van der Waals surface area contributed by atoms with Crippen LogP contribution in [0.4, 0.5) is 5.82 Å². The molecule has 0 saturated heterocycles. The molecule has 0 spiro atoms. The fraction of sp³-hybridized carbons (Fsp3) is 0.600. The van der Waals surface area contributed by atoms with Crippen molar-refractivity contribution in [2.45, 2.75) is 27.2 Å². The number of hydrogen-bond donors (Lipinski definition) is 1. The SMILES string of the molecule is CCCOc1nc(C)nc(NC)c1C. The summed E-state index contributed by atoms with van der Waals surface area (Å²) in [6.45, 7) is 6.58. The van der Waals surface area contributed by atoms with Crippen LogP contribution in [0.25, 0.3) is 0 Å². The Bertz CT molecular complexity index is 312. The number of ether oxygens (including phenoxy) is 1. The van der Waals surface area contributed by atoms with Gasteiger partial charge in [-0.25, -0.2) is 4.98 Å². The maximum Gasteiger partial charge on any atom is 0.221 e. The van der Waals surface area contributed by atoms with Gasteiger partial charge in [0.05, 0.1) is 12.2 Å². The molecule has 0 aromatic carbocycles. The van der Waals surface area contributed by atoms with E-state index in [0.29, 0.717) is 12.5 Å². The van der Waals surface area contributed by atoms with Gasteiger partial charge in [-0.15, -0.1) is 0 Å². The van der Waals surface area contributed by atoms with E-state index in [2.05, 4.69) is 22.2 Å². The van der Waals surface area contributed by atoms with Crippen LogP contribution in [0, 0.1) is 13.8 Å². The maximum absolute atomic E-state index is 5.52. The summed E-state index contributed by atoms with van der Waals surface area (Å²) in [6.07, 6.45) is 0.984. The first kappa shape index (κ1) is 10.8. The minimum Gasteiger partial charge on any atom is -0.477 e. The first-order chi connectivity index (χ1) is 6.69. The van der Waals surface area contributed by atoms with Crippen LogP contribution in [-0.4, -0.2) is 23.6 Å². The molecule has 0 amide bonds. The van der Waals surface area contributed by atoms with Gasteiger partial charge in [-0.05, 0) is 20.3 Å². The normalized spacial score (nSPS) is 10.0. The summed E-state index contributed by atoms with van der Waals surface area (Å²) in [5.41, 5.74) is 0.964. The molecule has 1 aromatic rings. The lowest BCUT2D eigenvalue weighted by Crippen LogP contribution is -2.05. The topological polar surface area (TPSA) is 47.0 Å². The Hall–Kier alpha value is -1.32. The van der Waals surface area contributed by atoms with Crippen LogP contribution in [0.1, 0.15) is 24.7 Å². The predicted molar refractivity (Wildman–Crippen MR) is 56.8 cm³/mol. The van der Waals surface area contributed by atoms with Crippen LogP contribution in [0.3, 0.4) is 0 Å². The van der Waals surface area contributed by atoms with E-state index in [0.717, 1.165) is 23.6 Å². The zero-order valence-corrected chi connectivity index (χ0v) is 9.22. The average molecular weight is 195 g/mol. The summed E-state index contributed by atoms with van der Waals surface area (Å²) in [4.78, 5) is 8.50. The molecule has 0 fully saturated rings. The number of aromatic nitrogens is 2. The molecule has 1 heterocycles. The molecule has 0 unspecified atom stereocenters. The van der Waals surface area contributed by atoms with Crippen LogP contribution in [0.2, 0.25) is 0 Å². The summed E-state index contributed by atoms with van der Waals surface area (Å²) in [5, 5.41) is 3.02. The quantitative estimate of drug-likeness (QED) is 0.797. The molecule has 0 aliphatic carbocycles. The van der Waals surface area contributed by atoms with Crippen molar-refractivity contribution in [1.29, 1.82) is 0 Å². The summed E-state index contributed by atoms with van der Waals surface area (Å²) in [6, 6.07) is 0. The lowest BCUT2D eigenvalue weighted by molar-refractivity contribution is 0.302. The van der Waals surface area contributed by atoms with E-state index in [1.807, 2.05) is 20.9 Å². The molecule has 1 aromatic heterocycles. The number of anilines is 1. The Morgan fingerprint density at radius 3 is 2.57 bits per heavy atom. The highest BCUT2D eigenvalue weighted by atomic mass is 16.5. The third-order valence-electron chi connectivity index (χ3n) is 1.89. The van der Waals surface area contributed by atoms with E-state index >= 15 is 0 Å². The van der Waals surface area contributed by atoms with Gasteiger partial charge in [0.25, 0.3) is 0 Å². The van der Waals surface area contributed by atoms with Gasteiger partial charge in [-0.1, -0.05) is 6.92 Å². The van der Waals surface area contributed by atoms with Crippen molar-refractivity contribution in [2.75, 3.05) is 19.0 Å². The van der Waals surface area contributed by atoms with Crippen molar-refractivity contribution in [1.82, 2.24) is 9.97 Å². The van der Waals surface area contributed by atoms with Gasteiger partial charge < -0.3 is 10.1 Å². The minimum absolute atomic E-state index is 0.684. The third kappa shape index (κ3) is 2.34. The number of nitrogens with zero attached hydrogens (tertiary/aromatic N) is 2. The molecule has 1 N–H and O–H groups in total. The highest BCUT2D eigenvalue weighted by Gasteiger charge is 2.08. The standard InChI is InChI=1S/C10H17N3O/c1-5-6-14-10-7(2)9(11-4)12-8(3)13-10/h5-6H2,1-4H3,(H,11,12,13). The molecular weight excluding hydrogens is 178 g/mol. The number of nitrogens with one attached hydrogen (secondary N) is 1. The molecule has 0 saturated carbocycles. The van der Waals surface area contributed by atoms with Gasteiger partial charge in [0.2, 0.25) is 5.88 Å². The van der Waals surface area contributed by atoms with Gasteiger partial charge >= 0.3 is 0 Å². The van der Waals surface area contributed by atoms with Crippen LogP contribution in [0.15, 0.2) is 0 Å². The third-order valence-corrected chi connectivity index (χ3v) is 1.89. The first-order valence-corrected chi connectivity index (χ1v) is 4.84. The van der Waals surface area contributed by atoms with E-state index < -0.39 is 0 Å². The van der Waals surface area contributed by atoms with E-state index in [1.165, 1.54) is 0 Å². The van der Waals surface area contributed by atoms with Crippen LogP contribution < -0.4 is 10.1 Å². The number of hydrogen-bond acceptors (Lipinski definition) is 4. The van der Waals surface area contributed by atoms with Crippen molar-refractivity contribution in [3.63, 3.8) is 0 Å². The predicted octanol–water partition coefficient (Wildman–Crippen LogP) is 1.92. The number of aryl methyl sites for hydroxylation is 1. The second-order valence-electron chi connectivity index (χ2n) is 3.15. The van der Waals surface area contributed by atoms with E-state index in [1.54, 1.807) is 0 Å². The van der Waals surface area contributed by atoms with Crippen molar-refractivity contribution in [2.24, 2.45) is 0 Å². The molecule has 0 bridgehead atoms. The lowest BCUT2D eigenvalue weighted by atomic mass is 10.3. The zero-order chi connectivity index (χ0) is 10.6. The van der Waals surface area contributed by atoms with Crippen molar-refractivity contribution in [3.05, 3.63) is 11.4 Å². The van der Waals surface area contributed by atoms with Crippen LogP contribution >= 0.6 is 0 Å². The van der Waals surface area contributed by atoms with Crippen molar-refractivity contribution >= 4 is 5.82 Å². The summed E-state index contributed by atoms with van der Waals surface area (Å²) in [7, 11) is 1.85. The smallest absolute Gasteiger partial charge is 0.221 e. The maximum atomic E-state index is 5.52. The molecule has 0 radical (unpaired) electrons. The Kier molecular flexibility index (Phi) is 3.68. The van der Waals surface area contributed by atoms with Crippen LogP contribution in [0.5, 0.6) is 5.88 Å². The Morgan fingerprint density at radius 1 is 1.29 bits per heavy atom. The van der Waals surface area contributed by atoms with Crippen molar-refractivity contribution < 1.29 is 4.74 Å². The van der Waals surface area contributed by atoms with Gasteiger partial charge in [-0.3, -0.25) is 0 Å². The Balaban J connectivity index is 2.96. The summed E-state index contributed by atoms with van der Waals surface area (Å²) < 4.78 is 5.52. The zero-order valence-electron chi connectivity index (χ0n) is 9.22. The molecule has 78 valence electrons. The van der Waals surface area contributed by atoms with E-state index in [-0.39, 0.29) is 0 Å². The van der Waals surface area contributed by atoms with Gasteiger partial charge in [0.15, 0.2) is 0 Å². The first-order valence-electron chi connectivity index (χ1n) is 4.84. The van der Waals surface area contributed by atoms with E-state index in [9.17, 15) is 0 Å². The molecule has 1 rings (SSSR count). The molecule has 4 nitrogen and oxygen atoms in total. The monoisotopic (exact) mass is 195 g/mol. The second-order valence-corrected chi connectivity index (χ2v) is 3.15. The molecular formula is C10H17N3O. The average Bonchev–Trinajstić information content (AvgIpc) is 2.18. The highest BCUT2D eigenvalue weighted by Crippen LogP contribution is 2.21. The second kappa shape index (κ2) is 4.79. The molecule has 4 heteroatoms. The summed E-state index contributed by atoms with van der Waals surface area (Å²) >= 11 is 0. The van der Waals surface area contributed by atoms with Gasteiger partial charge in [0.1, 0.15) is 11.6 Å².